The normalized spacial score (nSPS) is 11.6. The summed E-state index contributed by atoms with van der Waals surface area (Å²) >= 11 is 0. The number of aliphatic hydroxyl groups excluding tert-OH is 1. The van der Waals surface area contributed by atoms with E-state index in [2.05, 4.69) is 39.0 Å². The van der Waals surface area contributed by atoms with Gasteiger partial charge in [0.2, 0.25) is 0 Å². The van der Waals surface area contributed by atoms with Crippen molar-refractivity contribution >= 4 is 0 Å². The fourth-order valence-corrected chi connectivity index (χ4v) is 1.49. The molecular weight excluding hydrogens is 176 g/mol. The van der Waals surface area contributed by atoms with Crippen molar-refractivity contribution in [3.63, 3.8) is 0 Å². The Morgan fingerprint density at radius 2 is 2.00 bits per heavy atom. The van der Waals surface area contributed by atoms with E-state index in [0.717, 1.165) is 5.69 Å². The summed E-state index contributed by atoms with van der Waals surface area (Å²) in [5.41, 5.74) is 2.30. The number of aliphatic hydroxyl groups is 1. The number of nitrogens with zero attached hydrogens (tertiary/aromatic N) is 2. The molecule has 0 atom stereocenters. The van der Waals surface area contributed by atoms with Crippen molar-refractivity contribution in [3.8, 4) is 0 Å². The van der Waals surface area contributed by atoms with E-state index in [1.165, 1.54) is 5.56 Å². The Labute approximate surface area is 85.8 Å². The van der Waals surface area contributed by atoms with Gasteiger partial charge < -0.3 is 5.11 Å². The summed E-state index contributed by atoms with van der Waals surface area (Å²) < 4.78 is 1.97. The first kappa shape index (κ1) is 11.2. The molecule has 0 saturated heterocycles. The molecule has 0 saturated carbocycles. The topological polar surface area (TPSA) is 38.0 Å². The SMILES string of the molecule is CC(C)c1cn(C(C)C)nc1CCO. The second kappa shape index (κ2) is 4.60. The third kappa shape index (κ3) is 2.35. The molecule has 3 heteroatoms. The van der Waals surface area contributed by atoms with Gasteiger partial charge >= 0.3 is 0 Å². The van der Waals surface area contributed by atoms with Crippen molar-refractivity contribution in [2.75, 3.05) is 6.61 Å². The molecule has 0 unspecified atom stereocenters. The van der Waals surface area contributed by atoms with Crippen molar-refractivity contribution in [1.82, 2.24) is 9.78 Å². The van der Waals surface area contributed by atoms with Gasteiger partial charge in [0.05, 0.1) is 5.69 Å². The second-order valence-electron chi connectivity index (χ2n) is 4.23. The maximum Gasteiger partial charge on any atom is 0.0682 e. The van der Waals surface area contributed by atoms with Gasteiger partial charge in [-0.15, -0.1) is 0 Å². The molecule has 0 bridgehead atoms. The molecule has 0 radical (unpaired) electrons. The van der Waals surface area contributed by atoms with Gasteiger partial charge in [-0.25, -0.2) is 0 Å². The van der Waals surface area contributed by atoms with Crippen LogP contribution < -0.4 is 0 Å². The minimum absolute atomic E-state index is 0.175. The van der Waals surface area contributed by atoms with E-state index in [1.807, 2.05) is 4.68 Å². The lowest BCUT2D eigenvalue weighted by molar-refractivity contribution is 0.297. The van der Waals surface area contributed by atoms with Crippen molar-refractivity contribution in [2.45, 2.75) is 46.1 Å². The quantitative estimate of drug-likeness (QED) is 0.801. The van der Waals surface area contributed by atoms with Gasteiger partial charge in [0, 0.05) is 25.3 Å². The molecule has 1 N–H and O–H groups in total. The first-order valence-electron chi connectivity index (χ1n) is 5.25. The summed E-state index contributed by atoms with van der Waals surface area (Å²) in [6.45, 7) is 8.71. The smallest absolute Gasteiger partial charge is 0.0682 e. The third-order valence-electron chi connectivity index (χ3n) is 2.34. The Morgan fingerprint density at radius 3 is 2.43 bits per heavy atom. The molecule has 3 nitrogen and oxygen atoms in total. The molecule has 1 heterocycles. The predicted molar refractivity (Wildman–Crippen MR) is 57.5 cm³/mol. The minimum Gasteiger partial charge on any atom is -0.396 e. The highest BCUT2D eigenvalue weighted by atomic mass is 16.3. The lowest BCUT2D eigenvalue weighted by atomic mass is 10.0. The highest BCUT2D eigenvalue weighted by molar-refractivity contribution is 5.21. The largest absolute Gasteiger partial charge is 0.396 e. The molecule has 0 aromatic carbocycles. The van der Waals surface area contributed by atoms with Crippen LogP contribution >= 0.6 is 0 Å². The highest BCUT2D eigenvalue weighted by Crippen LogP contribution is 2.20. The van der Waals surface area contributed by atoms with Gasteiger partial charge in [0.1, 0.15) is 0 Å². The molecule has 1 aromatic rings. The Bertz CT molecular complexity index is 289. The zero-order chi connectivity index (χ0) is 10.7. The molecule has 0 fully saturated rings. The highest BCUT2D eigenvalue weighted by Gasteiger charge is 2.12. The van der Waals surface area contributed by atoms with Crippen LogP contribution in [0.4, 0.5) is 0 Å². The molecule has 14 heavy (non-hydrogen) atoms. The number of rotatable bonds is 4. The molecule has 0 amide bonds. The first-order chi connectivity index (χ1) is 6.56. The molecule has 0 spiro atoms. The summed E-state index contributed by atoms with van der Waals surface area (Å²) in [6, 6.07) is 0.389. The maximum absolute atomic E-state index is 8.92. The summed E-state index contributed by atoms with van der Waals surface area (Å²) in [6.07, 6.45) is 2.76. The number of hydrogen-bond donors (Lipinski definition) is 1. The van der Waals surface area contributed by atoms with Crippen molar-refractivity contribution < 1.29 is 5.11 Å². The fraction of sp³-hybridized carbons (Fsp3) is 0.727. The monoisotopic (exact) mass is 196 g/mol. The van der Waals surface area contributed by atoms with E-state index in [0.29, 0.717) is 18.4 Å². The van der Waals surface area contributed by atoms with Crippen molar-refractivity contribution in [1.29, 1.82) is 0 Å². The second-order valence-corrected chi connectivity index (χ2v) is 4.23. The lowest BCUT2D eigenvalue weighted by Crippen LogP contribution is -2.02. The summed E-state index contributed by atoms with van der Waals surface area (Å²) in [7, 11) is 0. The summed E-state index contributed by atoms with van der Waals surface area (Å²) in [4.78, 5) is 0. The fourth-order valence-electron chi connectivity index (χ4n) is 1.49. The maximum atomic E-state index is 8.92. The van der Waals surface area contributed by atoms with Crippen LogP contribution in [-0.2, 0) is 6.42 Å². The Kier molecular flexibility index (Phi) is 3.69. The van der Waals surface area contributed by atoms with Gasteiger partial charge in [0.15, 0.2) is 0 Å². The van der Waals surface area contributed by atoms with Gasteiger partial charge in [-0.3, -0.25) is 4.68 Å². The average Bonchev–Trinajstić information content (AvgIpc) is 2.49. The van der Waals surface area contributed by atoms with Crippen molar-refractivity contribution in [2.24, 2.45) is 0 Å². The van der Waals surface area contributed by atoms with Gasteiger partial charge in [-0.1, -0.05) is 13.8 Å². The average molecular weight is 196 g/mol. The lowest BCUT2D eigenvalue weighted by Gasteiger charge is -2.03. The van der Waals surface area contributed by atoms with Crippen LogP contribution in [0.3, 0.4) is 0 Å². The van der Waals surface area contributed by atoms with E-state index in [1.54, 1.807) is 0 Å². The molecule has 1 rings (SSSR count). The van der Waals surface area contributed by atoms with E-state index >= 15 is 0 Å². The summed E-state index contributed by atoms with van der Waals surface area (Å²) in [5, 5.41) is 13.4. The Hall–Kier alpha value is -0.830. The van der Waals surface area contributed by atoms with E-state index in [9.17, 15) is 0 Å². The predicted octanol–water partition coefficient (Wildman–Crippen LogP) is 2.12. The molecule has 0 aliphatic rings. The summed E-state index contributed by atoms with van der Waals surface area (Å²) in [5.74, 6) is 0.476. The molecule has 80 valence electrons. The zero-order valence-electron chi connectivity index (χ0n) is 9.49. The van der Waals surface area contributed by atoms with Crippen LogP contribution in [0.15, 0.2) is 6.20 Å². The van der Waals surface area contributed by atoms with E-state index in [-0.39, 0.29) is 6.61 Å². The van der Waals surface area contributed by atoms with E-state index in [4.69, 9.17) is 5.11 Å². The van der Waals surface area contributed by atoms with E-state index < -0.39 is 0 Å². The van der Waals surface area contributed by atoms with Crippen LogP contribution in [0.25, 0.3) is 0 Å². The Morgan fingerprint density at radius 1 is 1.36 bits per heavy atom. The van der Waals surface area contributed by atoms with Crippen LogP contribution in [-0.4, -0.2) is 21.5 Å². The molecule has 0 aliphatic heterocycles. The van der Waals surface area contributed by atoms with Crippen LogP contribution in [0.1, 0.15) is 50.9 Å². The first-order valence-corrected chi connectivity index (χ1v) is 5.25. The molecule has 1 aromatic heterocycles. The zero-order valence-corrected chi connectivity index (χ0v) is 9.49. The van der Waals surface area contributed by atoms with Crippen LogP contribution in [0, 0.1) is 0 Å². The standard InChI is InChI=1S/C11H20N2O/c1-8(2)10-7-13(9(3)4)12-11(10)5-6-14/h7-9,14H,5-6H2,1-4H3. The van der Waals surface area contributed by atoms with Gasteiger partial charge in [-0.2, -0.15) is 5.10 Å². The van der Waals surface area contributed by atoms with Crippen molar-refractivity contribution in [3.05, 3.63) is 17.5 Å². The van der Waals surface area contributed by atoms with Gasteiger partial charge in [-0.05, 0) is 25.3 Å². The molecular formula is C11H20N2O. The van der Waals surface area contributed by atoms with Crippen LogP contribution in [0.2, 0.25) is 0 Å². The number of aromatic nitrogens is 2. The molecule has 0 aliphatic carbocycles. The minimum atomic E-state index is 0.175. The Balaban J connectivity index is 2.99. The number of hydrogen-bond acceptors (Lipinski definition) is 2. The third-order valence-corrected chi connectivity index (χ3v) is 2.34. The van der Waals surface area contributed by atoms with Crippen LogP contribution in [0.5, 0.6) is 0 Å². The van der Waals surface area contributed by atoms with Gasteiger partial charge in [0.25, 0.3) is 0 Å².